The third-order valence-corrected chi connectivity index (χ3v) is 2.56. The van der Waals surface area contributed by atoms with Crippen molar-refractivity contribution < 1.29 is 4.92 Å². The minimum atomic E-state index is -0.460. The van der Waals surface area contributed by atoms with Gasteiger partial charge in [-0.3, -0.25) is 14.8 Å². The summed E-state index contributed by atoms with van der Waals surface area (Å²) >= 11 is 1.36. The Labute approximate surface area is 92.6 Å². The van der Waals surface area contributed by atoms with E-state index in [9.17, 15) is 10.1 Å². The van der Waals surface area contributed by atoms with Gasteiger partial charge in [0.1, 0.15) is 11.2 Å². The second-order valence-corrected chi connectivity index (χ2v) is 4.89. The first kappa shape index (κ1) is 11.9. The topological polar surface area (TPSA) is 68.1 Å². The van der Waals surface area contributed by atoms with Gasteiger partial charge in [0, 0.05) is 11.6 Å². The molecule has 0 aliphatic rings. The van der Waals surface area contributed by atoms with E-state index < -0.39 is 4.92 Å². The number of nitrogens with one attached hydrogen (secondary N) is 1. The lowest BCUT2D eigenvalue weighted by molar-refractivity contribution is -0.385. The van der Waals surface area contributed by atoms with Crippen molar-refractivity contribution in [3.05, 3.63) is 28.4 Å². The maximum absolute atomic E-state index is 10.4. The lowest BCUT2D eigenvalue weighted by atomic mass is 10.1. The molecule has 0 spiro atoms. The van der Waals surface area contributed by atoms with Crippen LogP contribution in [0.5, 0.6) is 0 Å². The number of pyridine rings is 1. The van der Waals surface area contributed by atoms with Gasteiger partial charge in [-0.1, -0.05) is 0 Å². The van der Waals surface area contributed by atoms with E-state index >= 15 is 0 Å². The van der Waals surface area contributed by atoms with Crippen molar-refractivity contribution in [1.82, 2.24) is 9.71 Å². The predicted molar refractivity (Wildman–Crippen MR) is 59.6 cm³/mol. The number of aromatic nitrogens is 1. The van der Waals surface area contributed by atoms with Gasteiger partial charge >= 0.3 is 0 Å². The van der Waals surface area contributed by atoms with Crippen LogP contribution in [0.2, 0.25) is 0 Å². The standard InChI is InChI=1S/C9H13N3O2S/c1-9(2,3)11-15-8-5-4-7(6-10-8)12(13)14/h4-6,11H,1-3H3. The smallest absolute Gasteiger partial charge is 0.258 e. The summed E-state index contributed by atoms with van der Waals surface area (Å²) in [6, 6.07) is 3.07. The van der Waals surface area contributed by atoms with Crippen molar-refractivity contribution in [3.8, 4) is 0 Å². The molecule has 1 aromatic heterocycles. The quantitative estimate of drug-likeness (QED) is 0.488. The molecule has 1 aromatic rings. The first-order chi connectivity index (χ1) is 6.88. The van der Waals surface area contributed by atoms with Gasteiger partial charge in [-0.2, -0.15) is 0 Å². The molecular formula is C9H13N3O2S. The van der Waals surface area contributed by atoms with Gasteiger partial charge in [0.15, 0.2) is 0 Å². The van der Waals surface area contributed by atoms with E-state index in [1.54, 1.807) is 6.07 Å². The fourth-order valence-electron chi connectivity index (χ4n) is 0.746. The molecule has 1 rings (SSSR count). The van der Waals surface area contributed by atoms with E-state index in [4.69, 9.17) is 0 Å². The molecular weight excluding hydrogens is 214 g/mol. The molecule has 0 aliphatic heterocycles. The van der Waals surface area contributed by atoms with Gasteiger partial charge in [-0.05, 0) is 38.8 Å². The number of nitro groups is 1. The van der Waals surface area contributed by atoms with Gasteiger partial charge in [-0.25, -0.2) is 4.98 Å². The van der Waals surface area contributed by atoms with Crippen molar-refractivity contribution >= 4 is 17.6 Å². The minimum absolute atomic E-state index is 0.00936. The highest BCUT2D eigenvalue weighted by Gasteiger charge is 2.11. The third kappa shape index (κ3) is 4.26. The van der Waals surface area contributed by atoms with E-state index in [0.29, 0.717) is 0 Å². The van der Waals surface area contributed by atoms with E-state index in [1.165, 1.54) is 24.2 Å². The summed E-state index contributed by atoms with van der Waals surface area (Å²) in [5, 5.41) is 11.1. The fourth-order valence-corrected chi connectivity index (χ4v) is 1.40. The summed E-state index contributed by atoms with van der Waals surface area (Å²) in [5.74, 6) is 0. The van der Waals surface area contributed by atoms with Crippen LogP contribution in [0.4, 0.5) is 5.69 Å². The molecule has 6 heteroatoms. The number of nitrogens with zero attached hydrogens (tertiary/aromatic N) is 2. The first-order valence-electron chi connectivity index (χ1n) is 4.43. The van der Waals surface area contributed by atoms with Gasteiger partial charge in [0.2, 0.25) is 0 Å². The first-order valence-corrected chi connectivity index (χ1v) is 5.24. The highest BCUT2D eigenvalue weighted by Crippen LogP contribution is 2.18. The van der Waals surface area contributed by atoms with Crippen LogP contribution in [0.15, 0.2) is 23.4 Å². The van der Waals surface area contributed by atoms with Crippen LogP contribution < -0.4 is 4.72 Å². The summed E-state index contributed by atoms with van der Waals surface area (Å²) < 4.78 is 3.17. The van der Waals surface area contributed by atoms with Gasteiger partial charge < -0.3 is 0 Å². The molecule has 15 heavy (non-hydrogen) atoms. The molecule has 0 fully saturated rings. The van der Waals surface area contributed by atoms with Crippen LogP contribution >= 0.6 is 11.9 Å². The lowest BCUT2D eigenvalue weighted by Gasteiger charge is -2.18. The number of hydrogen-bond acceptors (Lipinski definition) is 5. The third-order valence-electron chi connectivity index (χ3n) is 1.39. The molecule has 0 bridgehead atoms. The Morgan fingerprint density at radius 2 is 2.13 bits per heavy atom. The minimum Gasteiger partial charge on any atom is -0.258 e. The fraction of sp³-hybridized carbons (Fsp3) is 0.444. The van der Waals surface area contributed by atoms with Crippen LogP contribution in [0.3, 0.4) is 0 Å². The molecule has 5 nitrogen and oxygen atoms in total. The van der Waals surface area contributed by atoms with Crippen molar-refractivity contribution in [1.29, 1.82) is 0 Å². The molecule has 0 aliphatic carbocycles. The maximum Gasteiger partial charge on any atom is 0.287 e. The van der Waals surface area contributed by atoms with Gasteiger partial charge in [0.25, 0.3) is 5.69 Å². The second kappa shape index (κ2) is 4.59. The molecule has 1 N–H and O–H groups in total. The van der Waals surface area contributed by atoms with Crippen LogP contribution in [0.25, 0.3) is 0 Å². The van der Waals surface area contributed by atoms with Crippen LogP contribution in [-0.4, -0.2) is 15.4 Å². The van der Waals surface area contributed by atoms with Gasteiger partial charge in [-0.15, -0.1) is 0 Å². The van der Waals surface area contributed by atoms with E-state index in [1.807, 2.05) is 20.8 Å². The summed E-state index contributed by atoms with van der Waals surface area (Å²) in [6.07, 6.45) is 1.26. The van der Waals surface area contributed by atoms with E-state index in [2.05, 4.69) is 9.71 Å². The average molecular weight is 227 g/mol. The Balaban J connectivity index is 2.61. The van der Waals surface area contributed by atoms with Crippen LogP contribution in [0, 0.1) is 10.1 Å². The Bertz CT molecular complexity index is 345. The lowest BCUT2D eigenvalue weighted by Crippen LogP contribution is -2.29. The van der Waals surface area contributed by atoms with Crippen LogP contribution in [0.1, 0.15) is 20.8 Å². The SMILES string of the molecule is CC(C)(C)NSc1ccc([N+](=O)[O-])cn1. The van der Waals surface area contributed by atoms with Crippen molar-refractivity contribution in [3.63, 3.8) is 0 Å². The van der Waals surface area contributed by atoms with Crippen LogP contribution in [-0.2, 0) is 0 Å². The second-order valence-electron chi connectivity index (χ2n) is 4.07. The highest BCUT2D eigenvalue weighted by molar-refractivity contribution is 7.97. The Kier molecular flexibility index (Phi) is 3.65. The maximum atomic E-state index is 10.4. The van der Waals surface area contributed by atoms with Gasteiger partial charge in [0.05, 0.1) is 4.92 Å². The molecule has 82 valence electrons. The monoisotopic (exact) mass is 227 g/mol. The molecule has 0 radical (unpaired) electrons. The Morgan fingerprint density at radius 3 is 2.53 bits per heavy atom. The molecule has 1 heterocycles. The summed E-state index contributed by atoms with van der Waals surface area (Å²) in [7, 11) is 0. The molecule has 0 saturated heterocycles. The highest BCUT2D eigenvalue weighted by atomic mass is 32.2. The predicted octanol–water partition coefficient (Wildman–Crippen LogP) is 2.39. The largest absolute Gasteiger partial charge is 0.287 e. The number of rotatable bonds is 3. The number of hydrogen-bond donors (Lipinski definition) is 1. The molecule has 0 saturated carbocycles. The zero-order valence-electron chi connectivity index (χ0n) is 8.85. The normalized spacial score (nSPS) is 11.4. The molecule has 0 unspecified atom stereocenters. The van der Waals surface area contributed by atoms with Crippen molar-refractivity contribution in [2.24, 2.45) is 0 Å². The van der Waals surface area contributed by atoms with E-state index in [0.717, 1.165) is 5.03 Å². The summed E-state index contributed by atoms with van der Waals surface area (Å²) in [4.78, 5) is 13.9. The zero-order chi connectivity index (χ0) is 11.5. The van der Waals surface area contributed by atoms with Crippen molar-refractivity contribution in [2.75, 3.05) is 0 Å². The van der Waals surface area contributed by atoms with E-state index in [-0.39, 0.29) is 11.2 Å². The summed E-state index contributed by atoms with van der Waals surface area (Å²) in [5.41, 5.74) is -0.0104. The van der Waals surface area contributed by atoms with Crippen molar-refractivity contribution in [2.45, 2.75) is 31.3 Å². The average Bonchev–Trinajstić information content (AvgIpc) is 2.14. The Morgan fingerprint density at radius 1 is 1.47 bits per heavy atom. The molecule has 0 atom stereocenters. The Hall–Kier alpha value is -1.14. The molecule has 0 aromatic carbocycles. The molecule has 0 amide bonds. The zero-order valence-corrected chi connectivity index (χ0v) is 9.67. The summed E-state index contributed by atoms with van der Waals surface area (Å²) in [6.45, 7) is 6.10.